The minimum absolute atomic E-state index is 0.0309. The third-order valence-electron chi connectivity index (χ3n) is 3.85. The van der Waals surface area contributed by atoms with Crippen molar-refractivity contribution in [3.05, 3.63) is 65.0 Å². The predicted molar refractivity (Wildman–Crippen MR) is 93.1 cm³/mol. The molecule has 0 aliphatic heterocycles. The van der Waals surface area contributed by atoms with Gasteiger partial charge < -0.3 is 15.7 Å². The summed E-state index contributed by atoms with van der Waals surface area (Å²) in [5.41, 5.74) is 2.99. The van der Waals surface area contributed by atoms with Crippen LogP contribution in [0.15, 0.2) is 42.5 Å². The summed E-state index contributed by atoms with van der Waals surface area (Å²) in [6.07, 6.45) is 0.336. The number of carbonyl (C=O) groups is 1. The first kappa shape index (κ1) is 18.1. The van der Waals surface area contributed by atoms with E-state index in [0.717, 1.165) is 16.8 Å². The van der Waals surface area contributed by atoms with Gasteiger partial charge in [0.05, 0.1) is 6.61 Å². The Hall–Kier alpha value is -2.24. The number of halogens is 1. The van der Waals surface area contributed by atoms with Gasteiger partial charge in [0.2, 0.25) is 5.91 Å². The van der Waals surface area contributed by atoms with Crippen LogP contribution in [-0.2, 0) is 17.9 Å². The molecule has 0 bridgehead atoms. The fourth-order valence-electron chi connectivity index (χ4n) is 2.42. The Bertz CT molecular complexity index is 704. The van der Waals surface area contributed by atoms with Crippen LogP contribution in [0.5, 0.6) is 0 Å². The molecular weight excluding hydrogens is 307 g/mol. The van der Waals surface area contributed by atoms with E-state index < -0.39 is 5.82 Å². The molecule has 0 aliphatic carbocycles. The van der Waals surface area contributed by atoms with Gasteiger partial charge in [0.25, 0.3) is 0 Å². The molecule has 0 aromatic heterocycles. The smallest absolute Gasteiger partial charge is 0.225 e. The quantitative estimate of drug-likeness (QED) is 0.731. The van der Waals surface area contributed by atoms with Gasteiger partial charge >= 0.3 is 0 Å². The third-order valence-corrected chi connectivity index (χ3v) is 3.85. The van der Waals surface area contributed by atoms with E-state index in [1.54, 1.807) is 12.1 Å². The first-order valence-electron chi connectivity index (χ1n) is 7.96. The van der Waals surface area contributed by atoms with Crippen molar-refractivity contribution in [3.63, 3.8) is 0 Å². The zero-order chi connectivity index (χ0) is 17.5. The normalized spacial score (nSPS) is 12.0. The molecule has 2 aromatic rings. The first-order chi connectivity index (χ1) is 11.5. The Morgan fingerprint density at radius 3 is 2.71 bits per heavy atom. The van der Waals surface area contributed by atoms with Crippen molar-refractivity contribution in [2.24, 2.45) is 0 Å². The Morgan fingerprint density at radius 2 is 2.00 bits per heavy atom. The number of anilines is 1. The number of aliphatic hydroxyl groups excluding tert-OH is 1. The molecule has 1 atom stereocenters. The largest absolute Gasteiger partial charge is 0.392 e. The van der Waals surface area contributed by atoms with E-state index in [1.807, 2.05) is 38.1 Å². The molecule has 2 rings (SSSR count). The maximum atomic E-state index is 13.3. The van der Waals surface area contributed by atoms with Crippen LogP contribution in [0, 0.1) is 12.7 Å². The number of aliphatic hydroxyl groups is 1. The number of hydrogen-bond donors (Lipinski definition) is 3. The maximum absolute atomic E-state index is 13.3. The lowest BCUT2D eigenvalue weighted by atomic mass is 10.1. The van der Waals surface area contributed by atoms with Crippen LogP contribution in [0.3, 0.4) is 0 Å². The number of nitrogens with one attached hydrogen (secondary N) is 2. The van der Waals surface area contributed by atoms with E-state index in [-0.39, 0.29) is 24.1 Å². The van der Waals surface area contributed by atoms with Gasteiger partial charge in [-0.2, -0.15) is 0 Å². The van der Waals surface area contributed by atoms with Crippen molar-refractivity contribution in [3.8, 4) is 0 Å². The molecule has 0 saturated heterocycles. The first-order valence-corrected chi connectivity index (χ1v) is 7.96. The number of hydrogen-bond acceptors (Lipinski definition) is 3. The molecule has 0 saturated carbocycles. The van der Waals surface area contributed by atoms with E-state index in [9.17, 15) is 9.18 Å². The molecule has 128 valence electrons. The summed E-state index contributed by atoms with van der Waals surface area (Å²) in [5, 5.41) is 15.2. The second kappa shape index (κ2) is 8.57. The number of carbonyl (C=O) groups excluding carboxylic acids is 1. The molecule has 1 unspecified atom stereocenters. The van der Waals surface area contributed by atoms with Crippen LogP contribution in [0.2, 0.25) is 0 Å². The van der Waals surface area contributed by atoms with Crippen molar-refractivity contribution in [2.75, 3.05) is 5.32 Å². The number of para-hydroxylation sites is 1. The molecule has 2 aromatic carbocycles. The summed E-state index contributed by atoms with van der Waals surface area (Å²) < 4.78 is 13.3. The highest BCUT2D eigenvalue weighted by molar-refractivity contribution is 5.91. The van der Waals surface area contributed by atoms with Crippen LogP contribution >= 0.6 is 0 Å². The van der Waals surface area contributed by atoms with Crippen LogP contribution in [0.1, 0.15) is 30.0 Å². The summed E-state index contributed by atoms with van der Waals surface area (Å²) in [7, 11) is 0. The van der Waals surface area contributed by atoms with Crippen molar-refractivity contribution in [2.45, 2.75) is 39.5 Å². The third kappa shape index (κ3) is 5.15. The van der Waals surface area contributed by atoms with Crippen LogP contribution in [0.25, 0.3) is 0 Å². The Kier molecular flexibility index (Phi) is 6.46. The zero-order valence-corrected chi connectivity index (χ0v) is 14.0. The highest BCUT2D eigenvalue weighted by Crippen LogP contribution is 2.14. The van der Waals surface area contributed by atoms with Crippen molar-refractivity contribution < 1.29 is 14.3 Å². The highest BCUT2D eigenvalue weighted by atomic mass is 19.1. The minimum atomic E-state index is -0.410. The fourth-order valence-corrected chi connectivity index (χ4v) is 2.42. The fraction of sp³-hybridized carbons (Fsp3) is 0.316. The molecule has 0 fully saturated rings. The van der Waals surface area contributed by atoms with Crippen LogP contribution in [-0.4, -0.2) is 17.1 Å². The average Bonchev–Trinajstić information content (AvgIpc) is 2.56. The summed E-state index contributed by atoms with van der Waals surface area (Å²) >= 11 is 0. The van der Waals surface area contributed by atoms with Gasteiger partial charge in [-0.1, -0.05) is 24.3 Å². The number of amides is 1. The van der Waals surface area contributed by atoms with Gasteiger partial charge in [0, 0.05) is 30.3 Å². The number of rotatable bonds is 7. The SMILES string of the molecule is Cc1ccccc1NC(=O)CC(C)NCc1ccc(F)c(CO)c1. The molecule has 24 heavy (non-hydrogen) atoms. The van der Waals surface area contributed by atoms with Gasteiger partial charge in [-0.05, 0) is 43.2 Å². The van der Waals surface area contributed by atoms with E-state index in [4.69, 9.17) is 5.11 Å². The minimum Gasteiger partial charge on any atom is -0.392 e. The monoisotopic (exact) mass is 330 g/mol. The molecule has 5 heteroatoms. The molecule has 4 nitrogen and oxygen atoms in total. The Balaban J connectivity index is 1.83. The van der Waals surface area contributed by atoms with Gasteiger partial charge in [0.1, 0.15) is 5.82 Å². The van der Waals surface area contributed by atoms with Gasteiger partial charge in [-0.25, -0.2) is 4.39 Å². The Labute approximate surface area is 141 Å². The van der Waals surface area contributed by atoms with Gasteiger partial charge in [0.15, 0.2) is 0 Å². The number of benzene rings is 2. The molecule has 0 radical (unpaired) electrons. The van der Waals surface area contributed by atoms with Crippen LogP contribution in [0.4, 0.5) is 10.1 Å². The second-order valence-corrected chi connectivity index (χ2v) is 5.93. The summed E-state index contributed by atoms with van der Waals surface area (Å²) in [4.78, 5) is 12.1. The van der Waals surface area contributed by atoms with Crippen LogP contribution < -0.4 is 10.6 Å². The predicted octanol–water partition coefficient (Wildman–Crippen LogP) is 3.13. The highest BCUT2D eigenvalue weighted by Gasteiger charge is 2.10. The van der Waals surface area contributed by atoms with E-state index in [2.05, 4.69) is 10.6 Å². The van der Waals surface area contributed by atoms with E-state index >= 15 is 0 Å². The van der Waals surface area contributed by atoms with E-state index in [0.29, 0.717) is 13.0 Å². The summed E-state index contributed by atoms with van der Waals surface area (Å²) in [5.74, 6) is -0.466. The molecular formula is C19H23FN2O2. The van der Waals surface area contributed by atoms with E-state index in [1.165, 1.54) is 6.07 Å². The topological polar surface area (TPSA) is 61.4 Å². The maximum Gasteiger partial charge on any atom is 0.225 e. The zero-order valence-electron chi connectivity index (χ0n) is 14.0. The lowest BCUT2D eigenvalue weighted by Crippen LogP contribution is -2.30. The van der Waals surface area contributed by atoms with Gasteiger partial charge in [-0.3, -0.25) is 4.79 Å². The lowest BCUT2D eigenvalue weighted by molar-refractivity contribution is -0.116. The lowest BCUT2D eigenvalue weighted by Gasteiger charge is -2.15. The van der Waals surface area contributed by atoms with Gasteiger partial charge in [-0.15, -0.1) is 0 Å². The Morgan fingerprint density at radius 1 is 1.25 bits per heavy atom. The summed E-state index contributed by atoms with van der Waals surface area (Å²) in [6.45, 7) is 4.05. The average molecular weight is 330 g/mol. The molecule has 0 spiro atoms. The molecule has 0 heterocycles. The summed E-state index contributed by atoms with van der Waals surface area (Å²) in [6, 6.07) is 12.2. The van der Waals surface area contributed by atoms with Crippen molar-refractivity contribution in [1.82, 2.24) is 5.32 Å². The molecule has 3 N–H and O–H groups in total. The number of aryl methyl sites for hydroxylation is 1. The molecule has 0 aliphatic rings. The van der Waals surface area contributed by atoms with Crippen molar-refractivity contribution >= 4 is 11.6 Å². The second-order valence-electron chi connectivity index (χ2n) is 5.93. The standard InChI is InChI=1S/C19H23FN2O2/c1-13-5-3-4-6-18(13)22-19(24)9-14(2)21-11-15-7-8-17(20)16(10-15)12-23/h3-8,10,14,21,23H,9,11-12H2,1-2H3,(H,22,24). The molecule has 1 amide bonds. The van der Waals surface area contributed by atoms with Crippen molar-refractivity contribution in [1.29, 1.82) is 0 Å².